The normalized spacial score (nSPS) is 15.5. The van der Waals surface area contributed by atoms with Crippen LogP contribution in [0.25, 0.3) is 0 Å². The van der Waals surface area contributed by atoms with Crippen LogP contribution in [0, 0.1) is 5.92 Å². The lowest BCUT2D eigenvalue weighted by Gasteiger charge is -2.21. The van der Waals surface area contributed by atoms with Crippen molar-refractivity contribution in [1.82, 2.24) is 0 Å². The first-order valence-corrected chi connectivity index (χ1v) is 4.30. The molecular formula is C9H13F3O3. The maximum atomic E-state index is 11.8. The van der Waals surface area contributed by atoms with Gasteiger partial charge in [-0.15, -0.1) is 13.2 Å². The summed E-state index contributed by atoms with van der Waals surface area (Å²) in [6, 6.07) is 0. The van der Waals surface area contributed by atoms with Crippen molar-refractivity contribution in [3.63, 3.8) is 0 Å². The summed E-state index contributed by atoms with van der Waals surface area (Å²) in [6.45, 7) is 5.78. The molecule has 0 amide bonds. The molecule has 0 aromatic heterocycles. The summed E-state index contributed by atoms with van der Waals surface area (Å²) in [7, 11) is 0. The van der Waals surface area contributed by atoms with Crippen molar-refractivity contribution in [3.05, 3.63) is 12.7 Å². The predicted molar refractivity (Wildman–Crippen MR) is 46.9 cm³/mol. The lowest BCUT2D eigenvalue weighted by Crippen LogP contribution is -2.29. The van der Waals surface area contributed by atoms with E-state index in [1.165, 1.54) is 13.8 Å². The molecule has 0 aromatic rings. The van der Waals surface area contributed by atoms with E-state index >= 15 is 0 Å². The third kappa shape index (κ3) is 6.96. The highest BCUT2D eigenvalue weighted by Crippen LogP contribution is 2.22. The molecule has 6 heteroatoms. The number of halogens is 3. The van der Waals surface area contributed by atoms with Crippen LogP contribution < -0.4 is 0 Å². The van der Waals surface area contributed by atoms with Gasteiger partial charge in [-0.3, -0.25) is 4.74 Å². The minimum absolute atomic E-state index is 0.137. The molecule has 0 saturated carbocycles. The van der Waals surface area contributed by atoms with Crippen molar-refractivity contribution >= 4 is 5.97 Å². The summed E-state index contributed by atoms with van der Waals surface area (Å²) in [5.74, 6) is -1.21. The SMILES string of the molecule is C=CC(=O)OCC(C)C(C)OC(F)(F)F. The van der Waals surface area contributed by atoms with Gasteiger partial charge in [-0.1, -0.05) is 13.5 Å². The van der Waals surface area contributed by atoms with Crippen molar-refractivity contribution in [3.8, 4) is 0 Å². The molecule has 0 spiro atoms. The standard InChI is InChI=1S/C9H13F3O3/c1-4-8(13)14-5-6(2)7(3)15-9(10,11)12/h4,6-7H,1,5H2,2-3H3. The summed E-state index contributed by atoms with van der Waals surface area (Å²) in [5, 5.41) is 0. The number of esters is 1. The number of ether oxygens (including phenoxy) is 2. The smallest absolute Gasteiger partial charge is 0.462 e. The largest absolute Gasteiger partial charge is 0.522 e. The Balaban J connectivity index is 3.94. The fraction of sp³-hybridized carbons (Fsp3) is 0.667. The Morgan fingerprint density at radius 3 is 2.40 bits per heavy atom. The van der Waals surface area contributed by atoms with Crippen molar-refractivity contribution in [2.75, 3.05) is 6.61 Å². The second-order valence-electron chi connectivity index (χ2n) is 3.08. The molecule has 0 rings (SSSR count). The van der Waals surface area contributed by atoms with E-state index in [0.29, 0.717) is 0 Å². The van der Waals surface area contributed by atoms with Gasteiger partial charge in [-0.25, -0.2) is 4.79 Å². The quantitative estimate of drug-likeness (QED) is 0.533. The number of alkyl halides is 3. The third-order valence-electron chi connectivity index (χ3n) is 1.78. The molecule has 0 heterocycles. The molecule has 0 N–H and O–H groups in total. The van der Waals surface area contributed by atoms with E-state index in [2.05, 4.69) is 16.1 Å². The molecular weight excluding hydrogens is 213 g/mol. The summed E-state index contributed by atoms with van der Waals surface area (Å²) < 4.78 is 43.7. The van der Waals surface area contributed by atoms with E-state index in [-0.39, 0.29) is 6.61 Å². The number of hydrogen-bond donors (Lipinski definition) is 0. The predicted octanol–water partition coefficient (Wildman–Crippen LogP) is 2.28. The Hall–Kier alpha value is -1.04. The average Bonchev–Trinajstić information content (AvgIpc) is 2.10. The average molecular weight is 226 g/mol. The van der Waals surface area contributed by atoms with Crippen LogP contribution in [0.15, 0.2) is 12.7 Å². The molecule has 2 unspecified atom stereocenters. The topological polar surface area (TPSA) is 35.5 Å². The zero-order chi connectivity index (χ0) is 12.1. The lowest BCUT2D eigenvalue weighted by atomic mass is 10.1. The number of hydrogen-bond acceptors (Lipinski definition) is 3. The van der Waals surface area contributed by atoms with Crippen molar-refractivity contribution in [2.24, 2.45) is 5.92 Å². The summed E-state index contributed by atoms with van der Waals surface area (Å²) in [5.41, 5.74) is 0. The van der Waals surface area contributed by atoms with E-state index in [0.717, 1.165) is 6.08 Å². The summed E-state index contributed by atoms with van der Waals surface area (Å²) >= 11 is 0. The first-order valence-electron chi connectivity index (χ1n) is 4.30. The van der Waals surface area contributed by atoms with Gasteiger partial charge in [0.1, 0.15) is 0 Å². The third-order valence-corrected chi connectivity index (χ3v) is 1.78. The number of rotatable bonds is 5. The van der Waals surface area contributed by atoms with Gasteiger partial charge in [0, 0.05) is 12.0 Å². The highest BCUT2D eigenvalue weighted by Gasteiger charge is 2.33. The van der Waals surface area contributed by atoms with Crippen LogP contribution in [0.2, 0.25) is 0 Å². The molecule has 0 bridgehead atoms. The zero-order valence-corrected chi connectivity index (χ0v) is 8.50. The number of carbonyl (C=O) groups is 1. The highest BCUT2D eigenvalue weighted by molar-refractivity contribution is 5.81. The number of carbonyl (C=O) groups excluding carboxylic acids is 1. The minimum Gasteiger partial charge on any atom is -0.462 e. The Morgan fingerprint density at radius 1 is 1.47 bits per heavy atom. The van der Waals surface area contributed by atoms with E-state index < -0.39 is 24.4 Å². The van der Waals surface area contributed by atoms with Gasteiger partial charge in [0.25, 0.3) is 0 Å². The van der Waals surface area contributed by atoms with E-state index in [1.54, 1.807) is 0 Å². The molecule has 0 saturated heterocycles. The van der Waals surface area contributed by atoms with Crippen LogP contribution in [0.5, 0.6) is 0 Å². The van der Waals surface area contributed by atoms with Gasteiger partial charge >= 0.3 is 12.3 Å². The Morgan fingerprint density at radius 2 is 2.00 bits per heavy atom. The van der Waals surface area contributed by atoms with Gasteiger partial charge in [-0.2, -0.15) is 0 Å². The molecule has 0 aliphatic carbocycles. The molecule has 2 atom stereocenters. The van der Waals surface area contributed by atoms with Crippen LogP contribution in [0.1, 0.15) is 13.8 Å². The monoisotopic (exact) mass is 226 g/mol. The van der Waals surface area contributed by atoms with E-state index in [1.807, 2.05) is 0 Å². The Kier molecular flexibility index (Phi) is 5.35. The summed E-state index contributed by atoms with van der Waals surface area (Å²) in [6.07, 6.45) is -4.79. The maximum absolute atomic E-state index is 11.8. The molecule has 0 aliphatic heterocycles. The van der Waals surface area contributed by atoms with Gasteiger partial charge < -0.3 is 4.74 Å². The van der Waals surface area contributed by atoms with Crippen LogP contribution in [-0.2, 0) is 14.3 Å². The Labute approximate surface area is 85.9 Å². The molecule has 3 nitrogen and oxygen atoms in total. The molecule has 0 aliphatic rings. The molecule has 88 valence electrons. The molecule has 15 heavy (non-hydrogen) atoms. The molecule has 0 radical (unpaired) electrons. The van der Waals surface area contributed by atoms with Crippen molar-refractivity contribution in [1.29, 1.82) is 0 Å². The maximum Gasteiger partial charge on any atom is 0.522 e. The Bertz CT molecular complexity index is 225. The van der Waals surface area contributed by atoms with Crippen LogP contribution in [0.4, 0.5) is 13.2 Å². The first-order chi connectivity index (χ1) is 6.76. The second-order valence-corrected chi connectivity index (χ2v) is 3.08. The zero-order valence-electron chi connectivity index (χ0n) is 8.50. The summed E-state index contributed by atoms with van der Waals surface area (Å²) in [4.78, 5) is 10.6. The van der Waals surface area contributed by atoms with Crippen LogP contribution in [0.3, 0.4) is 0 Å². The van der Waals surface area contributed by atoms with Crippen molar-refractivity contribution in [2.45, 2.75) is 26.3 Å². The van der Waals surface area contributed by atoms with Crippen LogP contribution >= 0.6 is 0 Å². The van der Waals surface area contributed by atoms with Gasteiger partial charge in [-0.05, 0) is 6.92 Å². The van der Waals surface area contributed by atoms with E-state index in [9.17, 15) is 18.0 Å². The minimum atomic E-state index is -4.67. The molecule has 0 aromatic carbocycles. The van der Waals surface area contributed by atoms with Gasteiger partial charge in [0.2, 0.25) is 0 Å². The fourth-order valence-electron chi connectivity index (χ4n) is 0.735. The highest BCUT2D eigenvalue weighted by atomic mass is 19.4. The molecule has 0 fully saturated rings. The van der Waals surface area contributed by atoms with E-state index in [4.69, 9.17) is 0 Å². The second kappa shape index (κ2) is 5.75. The fourth-order valence-corrected chi connectivity index (χ4v) is 0.735. The first kappa shape index (κ1) is 14.0. The van der Waals surface area contributed by atoms with Crippen LogP contribution in [-0.4, -0.2) is 25.0 Å². The van der Waals surface area contributed by atoms with Gasteiger partial charge in [0.05, 0.1) is 12.7 Å². The lowest BCUT2D eigenvalue weighted by molar-refractivity contribution is -0.346. The van der Waals surface area contributed by atoms with Gasteiger partial charge in [0.15, 0.2) is 0 Å². The van der Waals surface area contributed by atoms with Crippen molar-refractivity contribution < 1.29 is 27.4 Å².